The molecule has 180 valence electrons. The van der Waals surface area contributed by atoms with E-state index in [1.54, 1.807) is 32.0 Å². The zero-order valence-electron chi connectivity index (χ0n) is 18.8. The number of nitrogens with zero attached hydrogens (tertiary/aromatic N) is 1. The standard InChI is InChI=1S/C23H25BrN4O5S/c1-11(2)19(20(30)18-12(3)21(31)28-23(18)33)27-17(29)9-15(16-8-13(24)10-34-16)26-22(32)14-6-4-5-7-25-14/h4-8,10-11,15,19,28,31,33H,9H2,1-3H3,(H,26,32)(H,27,29)/t15?,19-/m0/s1. The van der Waals surface area contributed by atoms with Crippen LogP contribution in [0.15, 0.2) is 40.3 Å². The van der Waals surface area contributed by atoms with Gasteiger partial charge in [-0.15, -0.1) is 11.3 Å². The van der Waals surface area contributed by atoms with Gasteiger partial charge in [0.15, 0.2) is 11.7 Å². The molecule has 0 spiro atoms. The molecule has 9 nitrogen and oxygen atoms in total. The first kappa shape index (κ1) is 25.4. The van der Waals surface area contributed by atoms with Crippen LogP contribution in [-0.4, -0.2) is 43.8 Å². The van der Waals surface area contributed by atoms with Crippen LogP contribution in [0.25, 0.3) is 0 Å². The third kappa shape index (κ3) is 5.84. The fourth-order valence-electron chi connectivity index (χ4n) is 3.44. The lowest BCUT2D eigenvalue weighted by atomic mass is 9.94. The van der Waals surface area contributed by atoms with Crippen LogP contribution in [0, 0.1) is 12.8 Å². The highest BCUT2D eigenvalue weighted by atomic mass is 79.9. The number of carbonyl (C=O) groups excluding carboxylic acids is 3. The van der Waals surface area contributed by atoms with E-state index >= 15 is 0 Å². The van der Waals surface area contributed by atoms with E-state index in [1.807, 2.05) is 11.4 Å². The normalized spacial score (nSPS) is 12.9. The molecule has 34 heavy (non-hydrogen) atoms. The van der Waals surface area contributed by atoms with Crippen molar-refractivity contribution in [3.05, 3.63) is 62.0 Å². The number of nitrogens with one attached hydrogen (secondary N) is 3. The number of amides is 2. The van der Waals surface area contributed by atoms with Crippen LogP contribution < -0.4 is 10.6 Å². The predicted octanol–water partition coefficient (Wildman–Crippen LogP) is 3.84. The van der Waals surface area contributed by atoms with Gasteiger partial charge in [0.2, 0.25) is 11.8 Å². The highest BCUT2D eigenvalue weighted by Gasteiger charge is 2.32. The van der Waals surface area contributed by atoms with Gasteiger partial charge in [0.05, 0.1) is 24.1 Å². The van der Waals surface area contributed by atoms with Crippen molar-refractivity contribution in [3.8, 4) is 11.8 Å². The second kappa shape index (κ2) is 10.8. The number of Topliss-reactive ketones (excluding diaryl/α,β-unsaturated/α-hetero) is 1. The van der Waals surface area contributed by atoms with Gasteiger partial charge in [-0.3, -0.25) is 24.4 Å². The Morgan fingerprint density at radius 3 is 2.44 bits per heavy atom. The average Bonchev–Trinajstić information content (AvgIpc) is 3.33. The minimum Gasteiger partial charge on any atom is -0.494 e. The van der Waals surface area contributed by atoms with Gasteiger partial charge in [0, 0.05) is 26.5 Å². The Morgan fingerprint density at radius 2 is 1.91 bits per heavy atom. The molecule has 3 aromatic rings. The molecule has 0 bridgehead atoms. The Hall–Kier alpha value is -3.18. The molecule has 3 aromatic heterocycles. The summed E-state index contributed by atoms with van der Waals surface area (Å²) in [5.41, 5.74) is 0.349. The van der Waals surface area contributed by atoms with Gasteiger partial charge in [-0.1, -0.05) is 19.9 Å². The molecule has 0 fully saturated rings. The SMILES string of the molecule is Cc1c(O)[nH]c(O)c1C(=O)[C@@H](NC(=O)CC(NC(=O)c1ccccn1)c1cc(Br)cs1)C(C)C. The zero-order valence-corrected chi connectivity index (χ0v) is 21.2. The monoisotopic (exact) mass is 548 g/mol. The van der Waals surface area contributed by atoms with Gasteiger partial charge >= 0.3 is 0 Å². The quantitative estimate of drug-likeness (QED) is 0.257. The minimum atomic E-state index is -0.950. The summed E-state index contributed by atoms with van der Waals surface area (Å²) >= 11 is 4.77. The largest absolute Gasteiger partial charge is 0.494 e. The van der Waals surface area contributed by atoms with Gasteiger partial charge in [-0.2, -0.15) is 0 Å². The van der Waals surface area contributed by atoms with Crippen molar-refractivity contribution in [1.82, 2.24) is 20.6 Å². The van der Waals surface area contributed by atoms with Gasteiger partial charge in [0.1, 0.15) is 5.69 Å². The number of hydrogen-bond donors (Lipinski definition) is 5. The number of aromatic hydroxyl groups is 2. The lowest BCUT2D eigenvalue weighted by Gasteiger charge is -2.23. The van der Waals surface area contributed by atoms with Crippen molar-refractivity contribution in [3.63, 3.8) is 0 Å². The summed E-state index contributed by atoms with van der Waals surface area (Å²) in [6.45, 7) is 5.02. The maximum atomic E-state index is 13.1. The first-order valence-corrected chi connectivity index (χ1v) is 12.2. The molecule has 1 unspecified atom stereocenters. The van der Waals surface area contributed by atoms with Crippen LogP contribution in [0.5, 0.6) is 11.8 Å². The number of aromatic amines is 1. The average molecular weight is 549 g/mol. The molecule has 5 N–H and O–H groups in total. The second-order valence-corrected chi connectivity index (χ2v) is 9.95. The molecule has 3 rings (SSSR count). The van der Waals surface area contributed by atoms with E-state index in [4.69, 9.17) is 0 Å². The van der Waals surface area contributed by atoms with Crippen molar-refractivity contribution < 1.29 is 24.6 Å². The Kier molecular flexibility index (Phi) is 8.11. The Bertz CT molecular complexity index is 1190. The van der Waals surface area contributed by atoms with Crippen molar-refractivity contribution >= 4 is 44.9 Å². The molecular weight excluding hydrogens is 524 g/mol. The van der Waals surface area contributed by atoms with Crippen molar-refractivity contribution in [2.45, 2.75) is 39.3 Å². The zero-order chi connectivity index (χ0) is 25.0. The maximum Gasteiger partial charge on any atom is 0.270 e. The lowest BCUT2D eigenvalue weighted by molar-refractivity contribution is -0.122. The summed E-state index contributed by atoms with van der Waals surface area (Å²) in [5, 5.41) is 27.3. The summed E-state index contributed by atoms with van der Waals surface area (Å²) in [5.74, 6) is -2.48. The van der Waals surface area contributed by atoms with E-state index in [-0.39, 0.29) is 35.0 Å². The second-order valence-electron chi connectivity index (χ2n) is 8.09. The van der Waals surface area contributed by atoms with Crippen molar-refractivity contribution in [2.75, 3.05) is 0 Å². The van der Waals surface area contributed by atoms with Crippen LogP contribution in [0.3, 0.4) is 0 Å². The topological polar surface area (TPSA) is 144 Å². The summed E-state index contributed by atoms with van der Waals surface area (Å²) in [4.78, 5) is 45.9. The number of aromatic nitrogens is 2. The van der Waals surface area contributed by atoms with Crippen molar-refractivity contribution in [1.29, 1.82) is 0 Å². The van der Waals surface area contributed by atoms with Crippen LogP contribution in [0.4, 0.5) is 0 Å². The lowest BCUT2D eigenvalue weighted by Crippen LogP contribution is -2.45. The third-order valence-corrected chi connectivity index (χ3v) is 7.05. The van der Waals surface area contributed by atoms with E-state index in [1.165, 1.54) is 24.5 Å². The molecule has 2 atom stereocenters. The first-order valence-electron chi connectivity index (χ1n) is 10.5. The summed E-state index contributed by atoms with van der Waals surface area (Å²) in [7, 11) is 0. The molecular formula is C23H25BrN4O5S. The molecule has 0 aliphatic rings. The number of pyridine rings is 1. The smallest absolute Gasteiger partial charge is 0.270 e. The van der Waals surface area contributed by atoms with Gasteiger partial charge in [-0.25, -0.2) is 0 Å². The highest BCUT2D eigenvalue weighted by Crippen LogP contribution is 2.31. The third-order valence-electron chi connectivity index (χ3n) is 5.24. The molecule has 0 aliphatic carbocycles. The molecule has 0 saturated carbocycles. The van der Waals surface area contributed by atoms with Crippen LogP contribution in [0.2, 0.25) is 0 Å². The number of hydrogen-bond acceptors (Lipinski definition) is 7. The van der Waals surface area contributed by atoms with Crippen LogP contribution in [-0.2, 0) is 4.79 Å². The Morgan fingerprint density at radius 1 is 1.18 bits per heavy atom. The fraction of sp³-hybridized carbons (Fsp3) is 0.304. The molecule has 0 saturated heterocycles. The first-order chi connectivity index (χ1) is 16.1. The Balaban J connectivity index is 1.79. The van der Waals surface area contributed by atoms with E-state index in [9.17, 15) is 24.6 Å². The van der Waals surface area contributed by atoms with Gasteiger partial charge in [0.25, 0.3) is 5.91 Å². The minimum absolute atomic E-state index is 0.0707. The molecule has 0 aliphatic heterocycles. The van der Waals surface area contributed by atoms with Gasteiger partial charge < -0.3 is 20.8 Å². The molecule has 2 amide bonds. The molecule has 0 radical (unpaired) electrons. The van der Waals surface area contributed by atoms with E-state index < -0.39 is 35.6 Å². The number of ketones is 1. The van der Waals surface area contributed by atoms with Crippen molar-refractivity contribution in [2.24, 2.45) is 5.92 Å². The van der Waals surface area contributed by atoms with Crippen LogP contribution >= 0.6 is 27.3 Å². The molecule has 0 aromatic carbocycles. The van der Waals surface area contributed by atoms with Crippen LogP contribution in [0.1, 0.15) is 57.6 Å². The Labute approximate surface area is 208 Å². The number of carbonyl (C=O) groups is 3. The van der Waals surface area contributed by atoms with E-state index in [2.05, 4.69) is 36.5 Å². The number of H-pyrrole nitrogens is 1. The number of halogens is 1. The molecule has 11 heteroatoms. The maximum absolute atomic E-state index is 13.1. The summed E-state index contributed by atoms with van der Waals surface area (Å²) in [6, 6.07) is 5.18. The van der Waals surface area contributed by atoms with E-state index in [0.717, 1.165) is 9.35 Å². The fourth-order valence-corrected chi connectivity index (χ4v) is 4.93. The molecule has 3 heterocycles. The predicted molar refractivity (Wildman–Crippen MR) is 131 cm³/mol. The summed E-state index contributed by atoms with van der Waals surface area (Å²) in [6.07, 6.45) is 1.39. The van der Waals surface area contributed by atoms with Gasteiger partial charge in [-0.05, 0) is 47.0 Å². The highest BCUT2D eigenvalue weighted by molar-refractivity contribution is 9.10. The summed E-state index contributed by atoms with van der Waals surface area (Å²) < 4.78 is 0.818. The number of rotatable bonds is 9. The number of thiophene rings is 1. The van der Waals surface area contributed by atoms with E-state index in [0.29, 0.717) is 0 Å².